The Bertz CT molecular complexity index is 1370. The van der Waals surface area contributed by atoms with E-state index in [-0.39, 0.29) is 5.91 Å². The van der Waals surface area contributed by atoms with E-state index in [9.17, 15) is 4.79 Å². The lowest BCUT2D eigenvalue weighted by molar-refractivity contribution is 0.102. The summed E-state index contributed by atoms with van der Waals surface area (Å²) in [6.45, 7) is 8.15. The highest BCUT2D eigenvalue weighted by Gasteiger charge is 2.23. The highest BCUT2D eigenvalue weighted by atomic mass is 35.5. The van der Waals surface area contributed by atoms with Gasteiger partial charge < -0.3 is 15.0 Å². The van der Waals surface area contributed by atoms with Gasteiger partial charge in [-0.05, 0) is 61.2 Å². The van der Waals surface area contributed by atoms with Crippen molar-refractivity contribution in [1.29, 1.82) is 0 Å². The fourth-order valence-corrected chi connectivity index (χ4v) is 5.13. The van der Waals surface area contributed by atoms with Gasteiger partial charge >= 0.3 is 0 Å². The summed E-state index contributed by atoms with van der Waals surface area (Å²) in [5.41, 5.74) is 3.65. The summed E-state index contributed by atoms with van der Waals surface area (Å²) in [6, 6.07) is 13.6. The molecule has 0 unspecified atom stereocenters. The summed E-state index contributed by atoms with van der Waals surface area (Å²) in [7, 11) is 3.54. The van der Waals surface area contributed by atoms with Gasteiger partial charge in [0.2, 0.25) is 0 Å². The summed E-state index contributed by atoms with van der Waals surface area (Å²) < 4.78 is 5.37. The van der Waals surface area contributed by atoms with Gasteiger partial charge in [0.1, 0.15) is 22.2 Å². The van der Waals surface area contributed by atoms with Crippen LogP contribution < -0.4 is 15.0 Å². The number of ether oxygens (including phenoxy) is 1. The number of aryl methyl sites for hydroxylation is 2. The van der Waals surface area contributed by atoms with Gasteiger partial charge in [-0.3, -0.25) is 4.79 Å². The van der Waals surface area contributed by atoms with Gasteiger partial charge in [0, 0.05) is 17.8 Å². The number of fused-ring (bicyclic) bond motifs is 1. The van der Waals surface area contributed by atoms with Gasteiger partial charge in [-0.2, -0.15) is 0 Å². The number of carbonyl (C=O) groups is 1. The molecule has 34 heavy (non-hydrogen) atoms. The van der Waals surface area contributed by atoms with Gasteiger partial charge in [0.25, 0.3) is 5.91 Å². The third-order valence-electron chi connectivity index (χ3n) is 5.76. The fourth-order valence-electron chi connectivity index (χ4n) is 3.84. The molecule has 0 radical (unpaired) electrons. The number of halogens is 1. The van der Waals surface area contributed by atoms with E-state index < -0.39 is 0 Å². The first-order valence-corrected chi connectivity index (χ1v) is 12.1. The molecule has 4 rings (SSSR count). The Hall–Kier alpha value is -3.16. The molecule has 0 saturated carbocycles. The van der Waals surface area contributed by atoms with Crippen LogP contribution in [0.3, 0.4) is 0 Å². The third-order valence-corrected chi connectivity index (χ3v) is 7.18. The number of nitrogens with zero attached hydrogens (tertiary/aromatic N) is 3. The smallest absolute Gasteiger partial charge is 0.266 e. The molecule has 0 spiro atoms. The lowest BCUT2D eigenvalue weighted by Gasteiger charge is -2.20. The van der Waals surface area contributed by atoms with E-state index in [1.54, 1.807) is 25.3 Å². The maximum Gasteiger partial charge on any atom is 0.266 e. The van der Waals surface area contributed by atoms with Crippen molar-refractivity contribution in [1.82, 2.24) is 9.97 Å². The van der Waals surface area contributed by atoms with Crippen molar-refractivity contribution in [3.63, 3.8) is 0 Å². The number of anilines is 3. The maximum atomic E-state index is 13.3. The van der Waals surface area contributed by atoms with Crippen LogP contribution in [0, 0.1) is 13.8 Å². The minimum atomic E-state index is -0.242. The van der Waals surface area contributed by atoms with E-state index in [4.69, 9.17) is 21.3 Å². The Morgan fingerprint density at radius 3 is 2.47 bits per heavy atom. The standard InChI is InChI=1S/C26H27ClN4O2S/c1-14(2)17-7-10-19(11-8-17)31(5)24-22-15(3)23(34-26(22)29-16(4)28-24)25(32)30-20-13-18(27)9-12-21(20)33-6/h7-14H,1-6H3,(H,30,32). The maximum absolute atomic E-state index is 13.3. The first-order valence-electron chi connectivity index (χ1n) is 11.0. The van der Waals surface area contributed by atoms with E-state index >= 15 is 0 Å². The van der Waals surface area contributed by atoms with Crippen molar-refractivity contribution in [2.24, 2.45) is 0 Å². The summed E-state index contributed by atoms with van der Waals surface area (Å²) in [4.78, 5) is 26.0. The zero-order valence-electron chi connectivity index (χ0n) is 20.1. The average molecular weight is 495 g/mol. The molecule has 2 heterocycles. The highest BCUT2D eigenvalue weighted by Crippen LogP contribution is 2.38. The van der Waals surface area contributed by atoms with Crippen LogP contribution in [-0.4, -0.2) is 30.0 Å². The Labute approximate surface area is 208 Å². The van der Waals surface area contributed by atoms with E-state index in [2.05, 4.69) is 48.4 Å². The molecule has 0 fully saturated rings. The first kappa shape index (κ1) is 24.0. The van der Waals surface area contributed by atoms with Gasteiger partial charge in [-0.15, -0.1) is 11.3 Å². The molecule has 1 amide bonds. The molecule has 6 nitrogen and oxygen atoms in total. The Morgan fingerprint density at radius 1 is 1.12 bits per heavy atom. The summed E-state index contributed by atoms with van der Waals surface area (Å²) in [6.07, 6.45) is 0. The largest absolute Gasteiger partial charge is 0.495 e. The molecule has 1 N–H and O–H groups in total. The van der Waals surface area contributed by atoms with Crippen LogP contribution in [0.1, 0.15) is 46.4 Å². The highest BCUT2D eigenvalue weighted by molar-refractivity contribution is 7.20. The number of thiophene rings is 1. The second-order valence-corrected chi connectivity index (χ2v) is 9.87. The summed E-state index contributed by atoms with van der Waals surface area (Å²) in [5, 5.41) is 4.31. The van der Waals surface area contributed by atoms with Crippen molar-refractivity contribution in [3.05, 3.63) is 69.3 Å². The molecule has 4 aromatic rings. The van der Waals surface area contributed by atoms with Crippen molar-refractivity contribution in [3.8, 4) is 5.75 Å². The molecule has 0 bridgehead atoms. The number of benzene rings is 2. The van der Waals surface area contributed by atoms with E-state index in [1.807, 2.05) is 25.8 Å². The van der Waals surface area contributed by atoms with Crippen LogP contribution in [0.15, 0.2) is 42.5 Å². The zero-order chi connectivity index (χ0) is 24.6. The lowest BCUT2D eigenvalue weighted by Crippen LogP contribution is -2.14. The van der Waals surface area contributed by atoms with Gasteiger partial charge in [-0.25, -0.2) is 9.97 Å². The number of amides is 1. The molecule has 0 aliphatic rings. The Kier molecular flexibility index (Phi) is 6.77. The molecular formula is C26H27ClN4O2S. The van der Waals surface area contributed by atoms with Crippen LogP contribution in [0.25, 0.3) is 10.2 Å². The number of nitrogens with one attached hydrogen (secondary N) is 1. The topological polar surface area (TPSA) is 67.3 Å². The molecule has 2 aromatic carbocycles. The molecule has 176 valence electrons. The van der Waals surface area contributed by atoms with Crippen molar-refractivity contribution < 1.29 is 9.53 Å². The molecule has 8 heteroatoms. The molecule has 0 aliphatic heterocycles. The Morgan fingerprint density at radius 2 is 1.82 bits per heavy atom. The SMILES string of the molecule is COc1ccc(Cl)cc1NC(=O)c1sc2nc(C)nc(N(C)c3ccc(C(C)C)cc3)c2c1C. The van der Waals surface area contributed by atoms with Crippen LogP contribution >= 0.6 is 22.9 Å². The molecular weight excluding hydrogens is 468 g/mol. The quantitative estimate of drug-likeness (QED) is 0.309. The van der Waals surface area contributed by atoms with Crippen LogP contribution in [0.4, 0.5) is 17.2 Å². The molecule has 0 saturated heterocycles. The Balaban J connectivity index is 1.75. The van der Waals surface area contributed by atoms with Gasteiger partial charge in [0.05, 0.1) is 23.1 Å². The fraction of sp³-hybridized carbons (Fsp3) is 0.269. The van der Waals surface area contributed by atoms with Gasteiger partial charge in [-0.1, -0.05) is 37.6 Å². The normalized spacial score (nSPS) is 11.2. The van der Waals surface area contributed by atoms with E-state index in [0.717, 1.165) is 27.3 Å². The van der Waals surface area contributed by atoms with Crippen molar-refractivity contribution >= 4 is 56.3 Å². The molecule has 0 atom stereocenters. The van der Waals surface area contributed by atoms with Crippen LogP contribution in [-0.2, 0) is 0 Å². The predicted molar refractivity (Wildman–Crippen MR) is 141 cm³/mol. The number of aromatic nitrogens is 2. The molecule has 0 aliphatic carbocycles. The molecule has 2 aromatic heterocycles. The third kappa shape index (κ3) is 4.58. The predicted octanol–water partition coefficient (Wildman–Crippen LogP) is 7.11. The van der Waals surface area contributed by atoms with E-state index in [1.165, 1.54) is 16.9 Å². The number of rotatable bonds is 6. The zero-order valence-corrected chi connectivity index (χ0v) is 21.6. The second-order valence-electron chi connectivity index (χ2n) is 8.43. The number of methoxy groups -OCH3 is 1. The van der Waals surface area contributed by atoms with Crippen LogP contribution in [0.5, 0.6) is 5.75 Å². The lowest BCUT2D eigenvalue weighted by atomic mass is 10.0. The van der Waals surface area contributed by atoms with Gasteiger partial charge in [0.15, 0.2) is 0 Å². The summed E-state index contributed by atoms with van der Waals surface area (Å²) >= 11 is 7.48. The minimum Gasteiger partial charge on any atom is -0.495 e. The van der Waals surface area contributed by atoms with Crippen molar-refractivity contribution in [2.45, 2.75) is 33.6 Å². The summed E-state index contributed by atoms with van der Waals surface area (Å²) in [5.74, 6) is 2.18. The minimum absolute atomic E-state index is 0.242. The number of carbonyl (C=O) groups excluding carboxylic acids is 1. The average Bonchev–Trinajstić information content (AvgIpc) is 3.14. The van der Waals surface area contributed by atoms with E-state index in [0.29, 0.717) is 33.1 Å². The van der Waals surface area contributed by atoms with Crippen molar-refractivity contribution in [2.75, 3.05) is 24.4 Å². The first-order chi connectivity index (χ1) is 16.2. The number of hydrogen-bond donors (Lipinski definition) is 1. The monoisotopic (exact) mass is 494 g/mol. The number of hydrogen-bond acceptors (Lipinski definition) is 6. The van der Waals surface area contributed by atoms with Crippen LogP contribution in [0.2, 0.25) is 5.02 Å². The second kappa shape index (κ2) is 9.60.